The van der Waals surface area contributed by atoms with Gasteiger partial charge in [0.1, 0.15) is 0 Å². The van der Waals surface area contributed by atoms with Crippen molar-refractivity contribution in [3.8, 4) is 0 Å². The average Bonchev–Trinajstić information content (AvgIpc) is 2.79. The summed E-state index contributed by atoms with van der Waals surface area (Å²) in [5, 5.41) is 8.85. The zero-order valence-corrected chi connectivity index (χ0v) is 13.0. The van der Waals surface area contributed by atoms with Crippen molar-refractivity contribution >= 4 is 18.0 Å². The van der Waals surface area contributed by atoms with Crippen molar-refractivity contribution < 1.29 is 24.2 Å². The van der Waals surface area contributed by atoms with Crippen molar-refractivity contribution in [3.05, 3.63) is 0 Å². The number of ether oxygens (including phenoxy) is 1. The van der Waals surface area contributed by atoms with Crippen LogP contribution < -0.4 is 0 Å². The van der Waals surface area contributed by atoms with Gasteiger partial charge in [-0.15, -0.1) is 0 Å². The van der Waals surface area contributed by atoms with Gasteiger partial charge in [0.15, 0.2) is 0 Å². The molecule has 0 spiro atoms. The quantitative estimate of drug-likeness (QED) is 0.766. The minimum absolute atomic E-state index is 0.0369. The first-order chi connectivity index (χ1) is 9.81. The largest absolute Gasteiger partial charge is 0.481 e. The lowest BCUT2D eigenvalue weighted by atomic mass is 9.99. The van der Waals surface area contributed by atoms with Crippen LogP contribution in [0.4, 0.5) is 4.79 Å². The summed E-state index contributed by atoms with van der Waals surface area (Å²) in [7, 11) is 1.34. The van der Waals surface area contributed by atoms with Gasteiger partial charge in [-0.2, -0.15) is 0 Å². The van der Waals surface area contributed by atoms with Crippen LogP contribution in [0.5, 0.6) is 0 Å². The number of likely N-dealkylation sites (tertiary alicyclic amines) is 1. The van der Waals surface area contributed by atoms with Crippen LogP contribution in [0.1, 0.15) is 27.2 Å². The Hall–Kier alpha value is -1.79. The smallest absolute Gasteiger partial charge is 0.320 e. The highest BCUT2D eigenvalue weighted by molar-refractivity contribution is 5.79. The summed E-state index contributed by atoms with van der Waals surface area (Å²) < 4.78 is 4.75. The van der Waals surface area contributed by atoms with Crippen molar-refractivity contribution in [2.75, 3.05) is 26.7 Å². The number of hydrogen-bond acceptors (Lipinski definition) is 4. The maximum absolute atomic E-state index is 12.5. The fraction of sp³-hybridized carbons (Fsp3) is 0.786. The van der Waals surface area contributed by atoms with Crippen molar-refractivity contribution in [1.82, 2.24) is 9.80 Å². The Morgan fingerprint density at radius 3 is 2.48 bits per heavy atom. The molecular weight excluding hydrogens is 276 g/mol. The first kappa shape index (κ1) is 17.3. The molecule has 21 heavy (non-hydrogen) atoms. The van der Waals surface area contributed by atoms with Gasteiger partial charge in [0.05, 0.1) is 19.4 Å². The third-order valence-corrected chi connectivity index (χ3v) is 3.98. The number of urea groups is 1. The summed E-state index contributed by atoms with van der Waals surface area (Å²) in [6, 6.07) is -0.600. The second-order valence-electron chi connectivity index (χ2n) is 5.53. The molecule has 0 aromatic rings. The van der Waals surface area contributed by atoms with Crippen LogP contribution in [0.2, 0.25) is 0 Å². The molecule has 1 heterocycles. The third-order valence-electron chi connectivity index (χ3n) is 3.98. The Balaban J connectivity index is 2.74. The number of rotatable bonds is 5. The van der Waals surface area contributed by atoms with Gasteiger partial charge in [0, 0.05) is 25.7 Å². The van der Waals surface area contributed by atoms with Crippen LogP contribution in [-0.4, -0.2) is 65.7 Å². The predicted octanol–water partition coefficient (Wildman–Crippen LogP) is 1.03. The van der Waals surface area contributed by atoms with E-state index in [0.29, 0.717) is 19.6 Å². The topological polar surface area (TPSA) is 87.2 Å². The van der Waals surface area contributed by atoms with Gasteiger partial charge in [-0.3, -0.25) is 9.59 Å². The summed E-state index contributed by atoms with van der Waals surface area (Å²) in [6.07, 6.45) is -0.0938. The Labute approximate surface area is 124 Å². The summed E-state index contributed by atoms with van der Waals surface area (Å²) in [5.74, 6) is -1.52. The van der Waals surface area contributed by atoms with Crippen LogP contribution in [0, 0.1) is 11.8 Å². The number of carbonyl (C=O) groups is 3. The van der Waals surface area contributed by atoms with E-state index in [1.54, 1.807) is 11.8 Å². The van der Waals surface area contributed by atoms with Crippen LogP contribution in [0.3, 0.4) is 0 Å². The van der Waals surface area contributed by atoms with E-state index in [1.165, 1.54) is 12.0 Å². The molecule has 1 aliphatic rings. The van der Waals surface area contributed by atoms with Gasteiger partial charge in [-0.05, 0) is 19.8 Å². The molecule has 0 bridgehead atoms. The highest BCUT2D eigenvalue weighted by atomic mass is 16.5. The first-order valence-electron chi connectivity index (χ1n) is 7.16. The zero-order chi connectivity index (χ0) is 16.2. The number of amides is 2. The van der Waals surface area contributed by atoms with Gasteiger partial charge in [-0.25, -0.2) is 4.79 Å². The van der Waals surface area contributed by atoms with E-state index in [9.17, 15) is 14.4 Å². The number of esters is 1. The Morgan fingerprint density at radius 2 is 2.00 bits per heavy atom. The maximum Gasteiger partial charge on any atom is 0.320 e. The normalized spacial score (nSPS) is 22.8. The second kappa shape index (κ2) is 7.28. The fourth-order valence-corrected chi connectivity index (χ4v) is 2.76. The molecule has 1 aliphatic heterocycles. The zero-order valence-electron chi connectivity index (χ0n) is 13.0. The maximum atomic E-state index is 12.5. The Kier molecular flexibility index (Phi) is 5.99. The molecule has 0 aromatic carbocycles. The standard InChI is InChI=1S/C14H24N2O5/c1-5-16(10(3)6-12(17)18)14(20)15-7-9(2)11(8-15)13(19)21-4/h9-11H,5-8H2,1-4H3,(H,17,18). The molecule has 1 rings (SSSR count). The van der Waals surface area contributed by atoms with E-state index in [0.717, 1.165) is 0 Å². The monoisotopic (exact) mass is 300 g/mol. The summed E-state index contributed by atoms with van der Waals surface area (Å²) in [5.41, 5.74) is 0. The first-order valence-corrected chi connectivity index (χ1v) is 7.16. The molecule has 0 radical (unpaired) electrons. The molecule has 7 heteroatoms. The number of carbonyl (C=O) groups excluding carboxylic acids is 2. The number of carboxylic acids is 1. The minimum Gasteiger partial charge on any atom is -0.481 e. The molecule has 1 N–H and O–H groups in total. The van der Waals surface area contributed by atoms with E-state index in [2.05, 4.69) is 0 Å². The molecule has 3 atom stereocenters. The van der Waals surface area contributed by atoms with Crippen LogP contribution in [0.25, 0.3) is 0 Å². The SMILES string of the molecule is CCN(C(=O)N1CC(C)C(C(=O)OC)C1)C(C)CC(=O)O. The lowest BCUT2D eigenvalue weighted by Crippen LogP contribution is -2.47. The lowest BCUT2D eigenvalue weighted by Gasteiger charge is -2.31. The summed E-state index contributed by atoms with van der Waals surface area (Å²) in [6.45, 7) is 6.67. The van der Waals surface area contributed by atoms with Crippen molar-refractivity contribution in [2.24, 2.45) is 11.8 Å². The Bertz CT molecular complexity index is 412. The van der Waals surface area contributed by atoms with Gasteiger partial charge in [-0.1, -0.05) is 6.92 Å². The van der Waals surface area contributed by atoms with Gasteiger partial charge < -0.3 is 19.6 Å². The van der Waals surface area contributed by atoms with Crippen LogP contribution >= 0.6 is 0 Å². The molecule has 1 saturated heterocycles. The van der Waals surface area contributed by atoms with E-state index >= 15 is 0 Å². The molecule has 3 unspecified atom stereocenters. The minimum atomic E-state index is -0.934. The second-order valence-corrected chi connectivity index (χ2v) is 5.53. The molecule has 0 aromatic heterocycles. The molecule has 7 nitrogen and oxygen atoms in total. The third kappa shape index (κ3) is 4.09. The van der Waals surface area contributed by atoms with E-state index in [1.807, 2.05) is 13.8 Å². The number of carboxylic acid groups (broad SMARTS) is 1. The molecular formula is C14H24N2O5. The number of methoxy groups -OCH3 is 1. The molecule has 0 aliphatic carbocycles. The number of aliphatic carboxylic acids is 1. The molecule has 2 amide bonds. The van der Waals surface area contributed by atoms with Crippen LogP contribution in [0.15, 0.2) is 0 Å². The lowest BCUT2D eigenvalue weighted by molar-refractivity contribution is -0.146. The molecule has 120 valence electrons. The van der Waals surface area contributed by atoms with E-state index in [-0.39, 0.29) is 36.3 Å². The predicted molar refractivity (Wildman–Crippen MR) is 75.7 cm³/mol. The van der Waals surface area contributed by atoms with E-state index < -0.39 is 5.97 Å². The van der Waals surface area contributed by atoms with Crippen molar-refractivity contribution in [2.45, 2.75) is 33.2 Å². The summed E-state index contributed by atoms with van der Waals surface area (Å²) in [4.78, 5) is 38.1. The van der Waals surface area contributed by atoms with Gasteiger partial charge >= 0.3 is 18.0 Å². The van der Waals surface area contributed by atoms with Crippen molar-refractivity contribution in [3.63, 3.8) is 0 Å². The van der Waals surface area contributed by atoms with Crippen molar-refractivity contribution in [1.29, 1.82) is 0 Å². The molecule has 0 saturated carbocycles. The molecule has 1 fully saturated rings. The highest BCUT2D eigenvalue weighted by Gasteiger charge is 2.39. The summed E-state index contributed by atoms with van der Waals surface area (Å²) >= 11 is 0. The number of nitrogens with zero attached hydrogens (tertiary/aromatic N) is 2. The highest BCUT2D eigenvalue weighted by Crippen LogP contribution is 2.25. The van der Waals surface area contributed by atoms with Crippen LogP contribution in [-0.2, 0) is 14.3 Å². The van der Waals surface area contributed by atoms with Gasteiger partial charge in [0.25, 0.3) is 0 Å². The fourth-order valence-electron chi connectivity index (χ4n) is 2.76. The number of hydrogen-bond donors (Lipinski definition) is 1. The van der Waals surface area contributed by atoms with Gasteiger partial charge in [0.2, 0.25) is 0 Å². The Morgan fingerprint density at radius 1 is 1.38 bits per heavy atom. The average molecular weight is 300 g/mol. The van der Waals surface area contributed by atoms with E-state index in [4.69, 9.17) is 9.84 Å².